The number of esters is 1. The van der Waals surface area contributed by atoms with Crippen molar-refractivity contribution >= 4 is 23.7 Å². The average molecular weight is 389 g/mol. The van der Waals surface area contributed by atoms with Crippen molar-refractivity contribution in [3.63, 3.8) is 0 Å². The molecule has 6 nitrogen and oxygen atoms in total. The van der Waals surface area contributed by atoms with E-state index >= 15 is 0 Å². The van der Waals surface area contributed by atoms with E-state index in [0.717, 1.165) is 0 Å². The van der Waals surface area contributed by atoms with E-state index in [0.29, 0.717) is 22.4 Å². The van der Waals surface area contributed by atoms with Gasteiger partial charge in [-0.25, -0.2) is 4.79 Å². The van der Waals surface area contributed by atoms with Crippen LogP contribution in [-0.4, -0.2) is 35.3 Å². The number of aliphatic hydroxyl groups is 2. The van der Waals surface area contributed by atoms with Gasteiger partial charge in [-0.3, -0.25) is 9.79 Å². The van der Waals surface area contributed by atoms with Crippen molar-refractivity contribution in [1.29, 1.82) is 0 Å². The molecule has 6 heteroatoms. The minimum Gasteiger partial charge on any atom is -0.507 e. The Kier molecular flexibility index (Phi) is 4.86. The Balaban J connectivity index is 1.83. The van der Waals surface area contributed by atoms with Crippen LogP contribution >= 0.6 is 0 Å². The maximum atomic E-state index is 12.8. The Morgan fingerprint density at radius 1 is 1.10 bits per heavy atom. The third kappa shape index (κ3) is 3.17. The molecule has 4 rings (SSSR count). The van der Waals surface area contributed by atoms with Crippen molar-refractivity contribution < 1.29 is 24.5 Å². The van der Waals surface area contributed by atoms with Crippen molar-refractivity contribution in [3.05, 3.63) is 88.7 Å². The molecule has 29 heavy (non-hydrogen) atoms. The van der Waals surface area contributed by atoms with E-state index in [2.05, 4.69) is 4.99 Å². The van der Waals surface area contributed by atoms with Crippen LogP contribution in [0.3, 0.4) is 0 Å². The van der Waals surface area contributed by atoms with Gasteiger partial charge in [0.05, 0.1) is 24.3 Å². The Hall–Kier alpha value is -3.51. The standard InChI is InChI=1S/C23H19NO5/c1-29-23(28)21-18(26)11-10-17(25)20(21)15-12-24-16-9-5-8-14(19(15)16)22(27)13-6-3-2-4-7-13/h2-12,15,20,22,26-27H,1H3. The third-order valence-electron chi connectivity index (χ3n) is 5.30. The molecule has 2 N–H and O–H groups in total. The second-order valence-corrected chi connectivity index (χ2v) is 6.90. The fraction of sp³-hybridized carbons (Fsp3) is 0.174. The number of nitrogens with zero attached hydrogens (tertiary/aromatic N) is 1. The first-order valence-electron chi connectivity index (χ1n) is 9.16. The number of methoxy groups -OCH3 is 1. The monoisotopic (exact) mass is 389 g/mol. The second kappa shape index (κ2) is 7.48. The molecule has 2 aliphatic rings. The van der Waals surface area contributed by atoms with Crippen LogP contribution in [-0.2, 0) is 14.3 Å². The molecule has 0 aromatic heterocycles. The number of rotatable bonds is 4. The Bertz CT molecular complexity index is 1070. The van der Waals surface area contributed by atoms with Crippen molar-refractivity contribution in [3.8, 4) is 0 Å². The Morgan fingerprint density at radius 2 is 1.86 bits per heavy atom. The lowest BCUT2D eigenvalue weighted by Crippen LogP contribution is -2.31. The molecule has 0 saturated carbocycles. The second-order valence-electron chi connectivity index (χ2n) is 6.90. The summed E-state index contributed by atoms with van der Waals surface area (Å²) < 4.78 is 4.80. The van der Waals surface area contributed by atoms with Crippen molar-refractivity contribution in [2.75, 3.05) is 7.11 Å². The van der Waals surface area contributed by atoms with Crippen LogP contribution in [0.25, 0.3) is 0 Å². The lowest BCUT2D eigenvalue weighted by molar-refractivity contribution is -0.138. The van der Waals surface area contributed by atoms with Crippen molar-refractivity contribution in [2.24, 2.45) is 10.9 Å². The number of aliphatic hydroxyl groups excluding tert-OH is 2. The predicted molar refractivity (Wildman–Crippen MR) is 107 cm³/mol. The fourth-order valence-electron chi connectivity index (χ4n) is 3.94. The molecule has 0 radical (unpaired) electrons. The summed E-state index contributed by atoms with van der Waals surface area (Å²) in [5.74, 6) is -3.01. The maximum absolute atomic E-state index is 12.8. The van der Waals surface area contributed by atoms with Crippen molar-refractivity contribution in [2.45, 2.75) is 12.0 Å². The van der Waals surface area contributed by atoms with Gasteiger partial charge >= 0.3 is 5.97 Å². The summed E-state index contributed by atoms with van der Waals surface area (Å²) in [7, 11) is 1.20. The first-order chi connectivity index (χ1) is 14.0. The van der Waals surface area contributed by atoms with Gasteiger partial charge in [0.15, 0.2) is 5.78 Å². The van der Waals surface area contributed by atoms with Crippen LogP contribution in [0.2, 0.25) is 0 Å². The van der Waals surface area contributed by atoms with E-state index in [1.165, 1.54) is 19.3 Å². The molecule has 3 atom stereocenters. The summed E-state index contributed by atoms with van der Waals surface area (Å²) in [5.41, 5.74) is 2.48. The van der Waals surface area contributed by atoms with Crippen LogP contribution in [0, 0.1) is 5.92 Å². The Labute approximate surface area is 167 Å². The van der Waals surface area contributed by atoms with E-state index < -0.39 is 23.9 Å². The molecule has 1 heterocycles. The summed E-state index contributed by atoms with van der Waals surface area (Å²) in [6.45, 7) is 0. The van der Waals surface area contributed by atoms with Gasteiger partial charge in [-0.15, -0.1) is 0 Å². The number of allylic oxidation sites excluding steroid dienone is 2. The van der Waals surface area contributed by atoms with E-state index in [1.807, 2.05) is 30.3 Å². The van der Waals surface area contributed by atoms with Crippen LogP contribution < -0.4 is 0 Å². The summed E-state index contributed by atoms with van der Waals surface area (Å²) in [4.78, 5) is 29.5. The lowest BCUT2D eigenvalue weighted by atomic mass is 9.75. The predicted octanol–water partition coefficient (Wildman–Crippen LogP) is 3.31. The summed E-state index contributed by atoms with van der Waals surface area (Å²) in [5, 5.41) is 21.3. The molecule has 2 aromatic rings. The molecule has 1 aliphatic heterocycles. The minimum absolute atomic E-state index is 0.103. The third-order valence-corrected chi connectivity index (χ3v) is 5.30. The summed E-state index contributed by atoms with van der Waals surface area (Å²) in [6.07, 6.45) is 3.10. The van der Waals surface area contributed by atoms with Gasteiger partial charge in [0.2, 0.25) is 0 Å². The largest absolute Gasteiger partial charge is 0.507 e. The topological polar surface area (TPSA) is 96.2 Å². The summed E-state index contributed by atoms with van der Waals surface area (Å²) >= 11 is 0. The molecular weight excluding hydrogens is 370 g/mol. The lowest BCUT2D eigenvalue weighted by Gasteiger charge is -2.27. The number of carbonyl (C=O) groups excluding carboxylic acids is 2. The quantitative estimate of drug-likeness (QED) is 0.782. The number of benzene rings is 2. The van der Waals surface area contributed by atoms with Gasteiger partial charge in [0.25, 0.3) is 0 Å². The number of carbonyl (C=O) groups is 2. The zero-order valence-electron chi connectivity index (χ0n) is 15.6. The highest BCUT2D eigenvalue weighted by molar-refractivity contribution is 6.07. The van der Waals surface area contributed by atoms with E-state index in [1.54, 1.807) is 24.4 Å². The average Bonchev–Trinajstić information content (AvgIpc) is 3.18. The number of hydrogen-bond donors (Lipinski definition) is 2. The normalized spacial score (nSPS) is 21.2. The molecule has 0 amide bonds. The molecule has 0 bridgehead atoms. The van der Waals surface area contributed by atoms with E-state index in [9.17, 15) is 19.8 Å². The molecule has 0 spiro atoms. The first kappa shape index (κ1) is 18.8. The Morgan fingerprint density at radius 3 is 2.59 bits per heavy atom. The van der Waals surface area contributed by atoms with Crippen LogP contribution in [0.1, 0.15) is 28.7 Å². The molecular formula is C23H19NO5. The highest BCUT2D eigenvalue weighted by Gasteiger charge is 2.42. The molecule has 0 fully saturated rings. The van der Waals surface area contributed by atoms with Crippen molar-refractivity contribution in [1.82, 2.24) is 0 Å². The fourth-order valence-corrected chi connectivity index (χ4v) is 3.94. The molecule has 1 aliphatic carbocycles. The molecule has 0 saturated heterocycles. The number of ether oxygens (including phenoxy) is 1. The van der Waals surface area contributed by atoms with Gasteiger partial charge in [0.1, 0.15) is 11.9 Å². The number of fused-ring (bicyclic) bond motifs is 1. The van der Waals surface area contributed by atoms with E-state index in [-0.39, 0.29) is 17.1 Å². The van der Waals surface area contributed by atoms with Gasteiger partial charge in [-0.1, -0.05) is 42.5 Å². The first-order valence-corrected chi connectivity index (χ1v) is 9.16. The smallest absolute Gasteiger partial charge is 0.338 e. The number of hydrogen-bond acceptors (Lipinski definition) is 6. The number of aliphatic imine (C=N–C) groups is 1. The summed E-state index contributed by atoms with van der Waals surface area (Å²) in [6, 6.07) is 14.5. The molecule has 146 valence electrons. The van der Waals surface area contributed by atoms with Crippen LogP contribution in [0.4, 0.5) is 5.69 Å². The van der Waals surface area contributed by atoms with Gasteiger partial charge in [0, 0.05) is 12.1 Å². The van der Waals surface area contributed by atoms with E-state index in [4.69, 9.17) is 4.74 Å². The number of ketones is 1. The van der Waals surface area contributed by atoms with Crippen LogP contribution in [0.15, 0.2) is 77.0 Å². The van der Waals surface area contributed by atoms with Gasteiger partial charge in [-0.2, -0.15) is 0 Å². The highest BCUT2D eigenvalue weighted by Crippen LogP contribution is 2.45. The zero-order chi connectivity index (χ0) is 20.5. The SMILES string of the molecule is COC(=O)C1=C(O)C=CC(=O)C1C1C=Nc2cccc(C(O)c3ccccc3)c21. The van der Waals surface area contributed by atoms with Gasteiger partial charge in [-0.05, 0) is 34.9 Å². The van der Waals surface area contributed by atoms with Crippen LogP contribution in [0.5, 0.6) is 0 Å². The van der Waals surface area contributed by atoms with Gasteiger partial charge < -0.3 is 14.9 Å². The zero-order valence-corrected chi connectivity index (χ0v) is 15.6. The maximum Gasteiger partial charge on any atom is 0.338 e. The highest BCUT2D eigenvalue weighted by atomic mass is 16.5. The molecule has 3 unspecified atom stereocenters. The molecule has 2 aromatic carbocycles. The minimum atomic E-state index is -0.985.